The van der Waals surface area contributed by atoms with Crippen LogP contribution in [0.25, 0.3) is 0 Å². The zero-order valence-corrected chi connectivity index (χ0v) is 12.2. The lowest BCUT2D eigenvalue weighted by Crippen LogP contribution is -2.00. The number of halogens is 2. The summed E-state index contributed by atoms with van der Waals surface area (Å²) in [5, 5.41) is 3.33. The summed E-state index contributed by atoms with van der Waals surface area (Å²) in [6, 6.07) is 12.3. The Morgan fingerprint density at radius 3 is 2.50 bits per heavy atom. The van der Waals surface area contributed by atoms with Crippen LogP contribution in [0.15, 0.2) is 47.1 Å². The standard InChI is InChI=1S/C12H10BrIN2/c13-9-1-4-12(15-7-9)8-16-11-5-2-10(14)3-6-11/h1-7,16H,8H2. The summed E-state index contributed by atoms with van der Waals surface area (Å²) >= 11 is 5.66. The molecule has 0 spiro atoms. The van der Waals surface area contributed by atoms with Gasteiger partial charge in [0.1, 0.15) is 0 Å². The van der Waals surface area contributed by atoms with E-state index in [2.05, 4.69) is 73.1 Å². The molecule has 1 aromatic carbocycles. The van der Waals surface area contributed by atoms with Crippen molar-refractivity contribution >= 4 is 44.2 Å². The van der Waals surface area contributed by atoms with Crippen molar-refractivity contribution in [3.05, 3.63) is 56.3 Å². The van der Waals surface area contributed by atoms with Crippen molar-refractivity contribution in [3.63, 3.8) is 0 Å². The predicted octanol–water partition coefficient (Wildman–Crippen LogP) is 4.06. The zero-order valence-electron chi connectivity index (χ0n) is 8.45. The molecule has 2 rings (SSSR count). The molecule has 1 heterocycles. The quantitative estimate of drug-likeness (QED) is 0.802. The average molecular weight is 389 g/mol. The van der Waals surface area contributed by atoms with Gasteiger partial charge in [0, 0.05) is 19.9 Å². The monoisotopic (exact) mass is 388 g/mol. The van der Waals surface area contributed by atoms with Gasteiger partial charge >= 0.3 is 0 Å². The second-order valence-corrected chi connectivity index (χ2v) is 5.49. The van der Waals surface area contributed by atoms with Gasteiger partial charge < -0.3 is 5.32 Å². The maximum atomic E-state index is 4.30. The molecule has 82 valence electrons. The number of nitrogens with zero attached hydrogens (tertiary/aromatic N) is 1. The highest BCUT2D eigenvalue weighted by atomic mass is 127. The van der Waals surface area contributed by atoms with Crippen LogP contribution in [0.2, 0.25) is 0 Å². The molecule has 0 amide bonds. The van der Waals surface area contributed by atoms with Gasteiger partial charge in [0.05, 0.1) is 12.2 Å². The second kappa shape index (κ2) is 5.63. The van der Waals surface area contributed by atoms with Crippen molar-refractivity contribution in [1.29, 1.82) is 0 Å². The van der Waals surface area contributed by atoms with Crippen LogP contribution >= 0.6 is 38.5 Å². The molecule has 0 radical (unpaired) electrons. The fraction of sp³-hybridized carbons (Fsp3) is 0.0833. The van der Waals surface area contributed by atoms with Gasteiger partial charge in [-0.1, -0.05) is 0 Å². The minimum Gasteiger partial charge on any atom is -0.379 e. The van der Waals surface area contributed by atoms with Crippen LogP contribution in [-0.2, 0) is 6.54 Å². The summed E-state index contributed by atoms with van der Waals surface area (Å²) < 4.78 is 2.25. The summed E-state index contributed by atoms with van der Waals surface area (Å²) in [7, 11) is 0. The van der Waals surface area contributed by atoms with Gasteiger partial charge in [-0.05, 0) is 74.9 Å². The van der Waals surface area contributed by atoms with Gasteiger partial charge in [0.25, 0.3) is 0 Å². The van der Waals surface area contributed by atoms with Crippen molar-refractivity contribution in [2.45, 2.75) is 6.54 Å². The number of nitrogens with one attached hydrogen (secondary N) is 1. The van der Waals surface area contributed by atoms with E-state index >= 15 is 0 Å². The van der Waals surface area contributed by atoms with Crippen LogP contribution in [0.1, 0.15) is 5.69 Å². The third kappa shape index (κ3) is 3.45. The molecule has 1 N–H and O–H groups in total. The molecule has 16 heavy (non-hydrogen) atoms. The van der Waals surface area contributed by atoms with Crippen molar-refractivity contribution in [3.8, 4) is 0 Å². The van der Waals surface area contributed by atoms with E-state index in [1.165, 1.54) is 3.57 Å². The first kappa shape index (κ1) is 11.9. The fourth-order valence-corrected chi connectivity index (χ4v) is 1.87. The molecule has 0 aliphatic carbocycles. The van der Waals surface area contributed by atoms with Gasteiger partial charge in [0.15, 0.2) is 0 Å². The highest BCUT2D eigenvalue weighted by Crippen LogP contribution is 2.13. The smallest absolute Gasteiger partial charge is 0.0595 e. The lowest BCUT2D eigenvalue weighted by Gasteiger charge is -2.05. The molecular weight excluding hydrogens is 379 g/mol. The summed E-state index contributed by atoms with van der Waals surface area (Å²) in [5.74, 6) is 0. The number of rotatable bonds is 3. The highest BCUT2D eigenvalue weighted by molar-refractivity contribution is 14.1. The average Bonchev–Trinajstić information content (AvgIpc) is 2.30. The van der Waals surface area contributed by atoms with Crippen molar-refractivity contribution < 1.29 is 0 Å². The van der Waals surface area contributed by atoms with E-state index in [0.29, 0.717) is 0 Å². The topological polar surface area (TPSA) is 24.9 Å². The lowest BCUT2D eigenvalue weighted by atomic mass is 10.3. The molecule has 0 saturated heterocycles. The largest absolute Gasteiger partial charge is 0.379 e. The third-order valence-corrected chi connectivity index (χ3v) is 3.29. The van der Waals surface area contributed by atoms with Crippen LogP contribution in [0, 0.1) is 3.57 Å². The molecule has 0 fully saturated rings. The lowest BCUT2D eigenvalue weighted by molar-refractivity contribution is 1.04. The SMILES string of the molecule is Brc1ccc(CNc2ccc(I)cc2)nc1. The molecule has 2 aromatic rings. The number of benzene rings is 1. The maximum Gasteiger partial charge on any atom is 0.0595 e. The van der Waals surface area contributed by atoms with Crippen molar-refractivity contribution in [1.82, 2.24) is 4.98 Å². The van der Waals surface area contributed by atoms with Gasteiger partial charge in [-0.3, -0.25) is 4.98 Å². The number of hydrogen-bond donors (Lipinski definition) is 1. The number of hydrogen-bond acceptors (Lipinski definition) is 2. The molecule has 4 heteroatoms. The second-order valence-electron chi connectivity index (χ2n) is 3.33. The Kier molecular flexibility index (Phi) is 4.17. The molecule has 0 aliphatic heterocycles. The minimum atomic E-state index is 0.744. The van der Waals surface area contributed by atoms with Gasteiger partial charge in [0.2, 0.25) is 0 Å². The molecular formula is C12H10BrIN2. The number of aromatic nitrogens is 1. The fourth-order valence-electron chi connectivity index (χ4n) is 1.27. The van der Waals surface area contributed by atoms with Crippen molar-refractivity contribution in [2.24, 2.45) is 0 Å². The van der Waals surface area contributed by atoms with Gasteiger partial charge in [-0.2, -0.15) is 0 Å². The minimum absolute atomic E-state index is 0.744. The van der Waals surface area contributed by atoms with E-state index in [0.717, 1.165) is 22.4 Å². The van der Waals surface area contributed by atoms with E-state index in [4.69, 9.17) is 0 Å². The Morgan fingerprint density at radius 1 is 1.12 bits per heavy atom. The van der Waals surface area contributed by atoms with Crippen LogP contribution < -0.4 is 5.32 Å². The highest BCUT2D eigenvalue weighted by Gasteiger charge is 1.95. The first-order valence-electron chi connectivity index (χ1n) is 4.84. The van der Waals surface area contributed by atoms with Crippen LogP contribution in [0.4, 0.5) is 5.69 Å². The molecule has 0 saturated carbocycles. The van der Waals surface area contributed by atoms with Crippen molar-refractivity contribution in [2.75, 3.05) is 5.32 Å². The maximum absolute atomic E-state index is 4.30. The predicted molar refractivity (Wildman–Crippen MR) is 78.4 cm³/mol. The Hall–Kier alpha value is -0.620. The summed E-state index contributed by atoms with van der Waals surface area (Å²) in [6.45, 7) is 0.744. The van der Waals surface area contributed by atoms with E-state index < -0.39 is 0 Å². The van der Waals surface area contributed by atoms with Crippen LogP contribution in [-0.4, -0.2) is 4.98 Å². The van der Waals surface area contributed by atoms with E-state index in [1.54, 1.807) is 0 Å². The molecule has 2 nitrogen and oxygen atoms in total. The van der Waals surface area contributed by atoms with E-state index in [1.807, 2.05) is 18.3 Å². The molecule has 0 unspecified atom stereocenters. The van der Waals surface area contributed by atoms with E-state index in [9.17, 15) is 0 Å². The Balaban J connectivity index is 1.97. The first-order valence-corrected chi connectivity index (χ1v) is 6.71. The molecule has 0 bridgehead atoms. The summed E-state index contributed by atoms with van der Waals surface area (Å²) in [5.41, 5.74) is 2.15. The van der Waals surface area contributed by atoms with Crippen LogP contribution in [0.5, 0.6) is 0 Å². The molecule has 0 atom stereocenters. The first-order chi connectivity index (χ1) is 7.74. The normalized spacial score (nSPS) is 10.1. The number of pyridine rings is 1. The molecule has 0 aliphatic rings. The third-order valence-electron chi connectivity index (χ3n) is 2.11. The zero-order chi connectivity index (χ0) is 11.4. The Labute approximate surface area is 117 Å². The van der Waals surface area contributed by atoms with Gasteiger partial charge in [-0.15, -0.1) is 0 Å². The Bertz CT molecular complexity index is 408. The molecule has 1 aromatic heterocycles. The van der Waals surface area contributed by atoms with Gasteiger partial charge in [-0.25, -0.2) is 0 Å². The summed E-state index contributed by atoms with van der Waals surface area (Å²) in [4.78, 5) is 4.30. The summed E-state index contributed by atoms with van der Waals surface area (Å²) in [6.07, 6.45) is 1.81. The number of anilines is 1. The van der Waals surface area contributed by atoms with Crippen LogP contribution in [0.3, 0.4) is 0 Å². The Morgan fingerprint density at radius 2 is 1.88 bits per heavy atom. The van der Waals surface area contributed by atoms with E-state index in [-0.39, 0.29) is 0 Å².